The molecule has 1 aromatic carbocycles. The lowest BCUT2D eigenvalue weighted by atomic mass is 9.97. The maximum atomic E-state index is 11.7. The summed E-state index contributed by atoms with van der Waals surface area (Å²) in [6.45, 7) is 2.57. The lowest BCUT2D eigenvalue weighted by molar-refractivity contribution is -0.354. The van der Waals surface area contributed by atoms with Crippen LogP contribution in [0.2, 0.25) is 0 Å². The second-order valence-electron chi connectivity index (χ2n) is 8.51. The summed E-state index contributed by atoms with van der Waals surface area (Å²) in [4.78, 5) is 11.7. The molecular weight excluding hydrogens is 456 g/mol. The van der Waals surface area contributed by atoms with Gasteiger partial charge in [0.2, 0.25) is 6.29 Å². The van der Waals surface area contributed by atoms with Crippen LogP contribution in [0.25, 0.3) is 11.0 Å². The fourth-order valence-corrected chi connectivity index (χ4v) is 4.09. The van der Waals surface area contributed by atoms with Gasteiger partial charge in [-0.25, -0.2) is 4.79 Å². The Labute approximate surface area is 193 Å². The molecule has 4 rings (SSSR count). The molecule has 6 unspecified atom stereocenters. The molecule has 188 valence electrons. The zero-order chi connectivity index (χ0) is 24.7. The van der Waals surface area contributed by atoms with Crippen molar-refractivity contribution in [2.24, 2.45) is 0 Å². The van der Waals surface area contributed by atoms with Gasteiger partial charge in [0.05, 0.1) is 12.7 Å². The van der Waals surface area contributed by atoms with Gasteiger partial charge in [-0.2, -0.15) is 0 Å². The van der Waals surface area contributed by atoms with Gasteiger partial charge >= 0.3 is 5.63 Å². The van der Waals surface area contributed by atoms with E-state index in [4.69, 9.17) is 23.4 Å². The quantitative estimate of drug-likeness (QED) is 0.260. The molecule has 12 heteroatoms. The van der Waals surface area contributed by atoms with Crippen LogP contribution in [0.15, 0.2) is 33.5 Å². The molecule has 3 heterocycles. The molecule has 1 aromatic heterocycles. The van der Waals surface area contributed by atoms with Gasteiger partial charge in [-0.05, 0) is 31.5 Å². The van der Waals surface area contributed by atoms with Gasteiger partial charge < -0.3 is 54.0 Å². The predicted molar refractivity (Wildman–Crippen MR) is 113 cm³/mol. The van der Waals surface area contributed by atoms with Crippen molar-refractivity contribution in [3.63, 3.8) is 0 Å². The fraction of sp³-hybridized carbons (Fsp3) is 0.591. The van der Waals surface area contributed by atoms with E-state index in [2.05, 4.69) is 0 Å². The summed E-state index contributed by atoms with van der Waals surface area (Å²) >= 11 is 0. The highest BCUT2D eigenvalue weighted by atomic mass is 16.8. The molecule has 0 spiro atoms. The molecule has 0 amide bonds. The molecule has 12 nitrogen and oxygen atoms in total. The summed E-state index contributed by atoms with van der Waals surface area (Å²) in [6.07, 6.45) is -14.3. The van der Waals surface area contributed by atoms with Crippen molar-refractivity contribution in [1.29, 1.82) is 0 Å². The first-order chi connectivity index (χ1) is 16.1. The van der Waals surface area contributed by atoms with E-state index in [1.807, 2.05) is 0 Å². The first-order valence-electron chi connectivity index (χ1n) is 10.8. The third-order valence-electron chi connectivity index (χ3n) is 6.10. The zero-order valence-electron chi connectivity index (χ0n) is 18.4. The van der Waals surface area contributed by atoms with Crippen molar-refractivity contribution in [3.8, 4) is 5.75 Å². The summed E-state index contributed by atoms with van der Waals surface area (Å²) in [5.74, 6) is 0.161. The van der Waals surface area contributed by atoms with Gasteiger partial charge in [0.1, 0.15) is 48.0 Å². The van der Waals surface area contributed by atoms with Crippen LogP contribution in [-0.4, -0.2) is 98.7 Å². The van der Waals surface area contributed by atoms with Crippen LogP contribution in [0.3, 0.4) is 0 Å². The summed E-state index contributed by atoms with van der Waals surface area (Å²) < 4.78 is 27.7. The van der Waals surface area contributed by atoms with Gasteiger partial charge in [0.25, 0.3) is 0 Å². The molecule has 2 aliphatic heterocycles. The van der Waals surface area contributed by atoms with E-state index in [9.17, 15) is 35.4 Å². The second kappa shape index (κ2) is 9.85. The van der Waals surface area contributed by atoms with E-state index >= 15 is 0 Å². The molecule has 0 saturated carbocycles. The summed E-state index contributed by atoms with van der Waals surface area (Å²) in [5, 5.41) is 61.4. The highest BCUT2D eigenvalue weighted by Crippen LogP contribution is 2.31. The van der Waals surface area contributed by atoms with E-state index in [0.29, 0.717) is 10.9 Å². The monoisotopic (exact) mass is 484 g/mol. The Bertz CT molecular complexity index is 1060. The number of fused-ring (bicyclic) bond motifs is 1. The molecule has 6 N–H and O–H groups in total. The highest BCUT2D eigenvalue weighted by Gasteiger charge is 2.50. The molecule has 2 saturated heterocycles. The summed E-state index contributed by atoms with van der Waals surface area (Å²) in [5.41, 5.74) is 0.395. The van der Waals surface area contributed by atoms with Gasteiger partial charge in [-0.1, -0.05) is 0 Å². The molecule has 10 atom stereocenters. The van der Waals surface area contributed by atoms with Gasteiger partial charge in [0.15, 0.2) is 12.4 Å². The van der Waals surface area contributed by atoms with Crippen LogP contribution in [-0.2, 0) is 14.2 Å². The number of aryl methyl sites for hydroxylation is 1. The van der Waals surface area contributed by atoms with Crippen molar-refractivity contribution >= 4 is 11.0 Å². The molecular formula is C22H28O12. The summed E-state index contributed by atoms with van der Waals surface area (Å²) in [6, 6.07) is 6.01. The molecule has 0 bridgehead atoms. The number of benzene rings is 1. The van der Waals surface area contributed by atoms with E-state index in [1.54, 1.807) is 19.1 Å². The Morgan fingerprint density at radius 3 is 2.35 bits per heavy atom. The third-order valence-corrected chi connectivity index (χ3v) is 6.10. The minimum absolute atomic E-state index is 0.161. The normalized spacial score (nSPS) is 38.7. The minimum Gasteiger partial charge on any atom is -0.462 e. The lowest BCUT2D eigenvalue weighted by Gasteiger charge is -2.45. The second-order valence-corrected chi connectivity index (χ2v) is 8.51. The van der Waals surface area contributed by atoms with Crippen LogP contribution in [0.1, 0.15) is 12.5 Å². The van der Waals surface area contributed by atoms with Crippen molar-refractivity contribution in [3.05, 3.63) is 40.2 Å². The molecule has 2 aliphatic rings. The van der Waals surface area contributed by atoms with E-state index in [-0.39, 0.29) is 11.3 Å². The van der Waals surface area contributed by atoms with Crippen LogP contribution in [0.4, 0.5) is 0 Å². The van der Waals surface area contributed by atoms with Crippen molar-refractivity contribution in [1.82, 2.24) is 0 Å². The maximum absolute atomic E-state index is 11.7. The number of hydrogen-bond acceptors (Lipinski definition) is 12. The third kappa shape index (κ3) is 4.69. The number of aliphatic hydroxyl groups is 6. The van der Waals surface area contributed by atoms with E-state index in [0.717, 1.165) is 0 Å². The topological polar surface area (TPSA) is 189 Å². The van der Waals surface area contributed by atoms with Gasteiger partial charge in [-0.3, -0.25) is 0 Å². The predicted octanol–water partition coefficient (Wildman–Crippen LogP) is -1.87. The molecule has 34 heavy (non-hydrogen) atoms. The molecule has 2 fully saturated rings. The average molecular weight is 484 g/mol. The fourth-order valence-electron chi connectivity index (χ4n) is 4.09. The average Bonchev–Trinajstić information content (AvgIpc) is 2.80. The number of hydrogen-bond donors (Lipinski definition) is 6. The minimum atomic E-state index is -1.68. The van der Waals surface area contributed by atoms with Crippen molar-refractivity contribution in [2.45, 2.75) is 75.3 Å². The molecule has 0 radical (unpaired) electrons. The van der Waals surface area contributed by atoms with Crippen molar-refractivity contribution < 1.29 is 54.0 Å². The Kier molecular flexibility index (Phi) is 7.24. The SMILES string of the molecule is Cc1cc(=O)oc2cc(O[C@@H]3OC(CO)[C@H](O)C(O)C3O[C@@H]3OC(C)[C@H](O)C(O)C3O)ccc12. The van der Waals surface area contributed by atoms with Crippen LogP contribution in [0, 0.1) is 6.92 Å². The zero-order valence-corrected chi connectivity index (χ0v) is 18.4. The Hall–Kier alpha value is -2.13. The van der Waals surface area contributed by atoms with E-state index < -0.39 is 73.6 Å². The van der Waals surface area contributed by atoms with Crippen LogP contribution >= 0.6 is 0 Å². The lowest BCUT2D eigenvalue weighted by Crippen LogP contribution is -2.64. The highest BCUT2D eigenvalue weighted by molar-refractivity contribution is 5.81. The maximum Gasteiger partial charge on any atom is 0.336 e. The Morgan fingerprint density at radius 2 is 1.65 bits per heavy atom. The number of rotatable bonds is 5. The Balaban J connectivity index is 1.61. The largest absolute Gasteiger partial charge is 0.462 e. The number of aliphatic hydroxyl groups excluding tert-OH is 6. The Morgan fingerprint density at radius 1 is 0.912 bits per heavy atom. The van der Waals surface area contributed by atoms with Crippen LogP contribution < -0.4 is 10.4 Å². The van der Waals surface area contributed by atoms with Crippen LogP contribution in [0.5, 0.6) is 5.75 Å². The molecule has 2 aromatic rings. The van der Waals surface area contributed by atoms with E-state index in [1.165, 1.54) is 19.1 Å². The first-order valence-corrected chi connectivity index (χ1v) is 10.8. The molecule has 0 aliphatic carbocycles. The van der Waals surface area contributed by atoms with Crippen molar-refractivity contribution in [2.75, 3.05) is 6.61 Å². The van der Waals surface area contributed by atoms with Gasteiger partial charge in [-0.15, -0.1) is 0 Å². The smallest absolute Gasteiger partial charge is 0.336 e. The first kappa shape index (κ1) is 25.0. The van der Waals surface area contributed by atoms with Gasteiger partial charge in [0, 0.05) is 17.5 Å². The summed E-state index contributed by atoms with van der Waals surface area (Å²) in [7, 11) is 0. The standard InChI is InChI=1S/C22H28O12/c1-8-5-14(24)32-12-6-10(3-4-11(8)12)31-22-20(18(28)16(26)13(7-23)33-22)34-21-19(29)17(27)15(25)9(2)30-21/h3-6,9,13,15-23,25-29H,7H2,1-2H3/t9?,13?,15-,16-,17?,18?,19?,20?,21-,22+/m0/s1. The number of ether oxygens (including phenoxy) is 4.